The van der Waals surface area contributed by atoms with Crippen molar-refractivity contribution in [2.24, 2.45) is 0 Å². The summed E-state index contributed by atoms with van der Waals surface area (Å²) in [4.78, 5) is 26.6. The molecule has 2 amide bonds. The Balaban J connectivity index is 1.46. The molecule has 0 radical (unpaired) electrons. The van der Waals surface area contributed by atoms with Crippen molar-refractivity contribution >= 4 is 40.6 Å². The summed E-state index contributed by atoms with van der Waals surface area (Å²) in [6.45, 7) is 0.935. The number of ether oxygens (including phenoxy) is 1. The molecule has 2 aromatic carbocycles. The lowest BCUT2D eigenvalue weighted by atomic mass is 10.1. The summed E-state index contributed by atoms with van der Waals surface area (Å²) in [7, 11) is 0. The number of hydrogen-bond donors (Lipinski definition) is 2. The fourth-order valence-electron chi connectivity index (χ4n) is 3.48. The number of nitrogens with zero attached hydrogens (tertiary/aromatic N) is 1. The molecule has 1 aromatic heterocycles. The second kappa shape index (κ2) is 9.41. The van der Waals surface area contributed by atoms with Crippen molar-refractivity contribution in [3.8, 4) is 16.2 Å². The number of carboxylic acid groups (broad SMARTS) is 1. The number of amides is 2. The Morgan fingerprint density at radius 3 is 2.58 bits per heavy atom. The molecule has 0 saturated carbocycles. The first-order chi connectivity index (χ1) is 15.0. The molecule has 2 heterocycles. The van der Waals surface area contributed by atoms with Gasteiger partial charge in [-0.2, -0.15) is 0 Å². The van der Waals surface area contributed by atoms with Crippen molar-refractivity contribution < 1.29 is 19.4 Å². The van der Waals surface area contributed by atoms with E-state index in [9.17, 15) is 9.59 Å². The summed E-state index contributed by atoms with van der Waals surface area (Å²) in [5, 5.41) is 12.5. The Morgan fingerprint density at radius 2 is 1.84 bits per heavy atom. The second-order valence-electron chi connectivity index (χ2n) is 7.21. The molecule has 6 nitrogen and oxygen atoms in total. The molecule has 1 saturated heterocycles. The summed E-state index contributed by atoms with van der Waals surface area (Å²) in [5.41, 5.74) is 1.55. The van der Waals surface area contributed by atoms with Crippen molar-refractivity contribution in [2.45, 2.75) is 18.9 Å². The van der Waals surface area contributed by atoms with Crippen molar-refractivity contribution in [3.05, 3.63) is 70.6 Å². The smallest absolute Gasteiger partial charge is 0.407 e. The van der Waals surface area contributed by atoms with Crippen LogP contribution in [0.15, 0.2) is 60.7 Å². The highest BCUT2D eigenvalue weighted by Gasteiger charge is 2.24. The average Bonchev–Trinajstić information content (AvgIpc) is 3.25. The van der Waals surface area contributed by atoms with Gasteiger partial charge in [-0.15, -0.1) is 11.3 Å². The molecular formula is C23H21ClN2O4S. The van der Waals surface area contributed by atoms with Gasteiger partial charge in [0.15, 0.2) is 0 Å². The third kappa shape index (κ3) is 5.18. The summed E-state index contributed by atoms with van der Waals surface area (Å²) >= 11 is 7.37. The van der Waals surface area contributed by atoms with Crippen LogP contribution in [0.3, 0.4) is 0 Å². The van der Waals surface area contributed by atoms with E-state index in [1.54, 1.807) is 30.3 Å². The molecule has 0 atom stereocenters. The molecule has 1 aliphatic rings. The molecule has 0 bridgehead atoms. The lowest BCUT2D eigenvalue weighted by molar-refractivity contribution is 0.0897. The van der Waals surface area contributed by atoms with E-state index in [0.29, 0.717) is 41.5 Å². The lowest BCUT2D eigenvalue weighted by Crippen LogP contribution is -2.41. The van der Waals surface area contributed by atoms with Gasteiger partial charge in [0, 0.05) is 47.1 Å². The highest BCUT2D eigenvalue weighted by atomic mass is 35.5. The topological polar surface area (TPSA) is 78.9 Å². The Labute approximate surface area is 189 Å². The highest BCUT2D eigenvalue weighted by molar-refractivity contribution is 7.17. The molecule has 1 fully saturated rings. The monoisotopic (exact) mass is 456 g/mol. The number of piperidine rings is 1. The zero-order chi connectivity index (χ0) is 21.8. The number of anilines is 1. The molecule has 0 unspecified atom stereocenters. The summed E-state index contributed by atoms with van der Waals surface area (Å²) in [6.07, 6.45) is 0.375. The first-order valence-electron chi connectivity index (χ1n) is 9.90. The van der Waals surface area contributed by atoms with Crippen LogP contribution in [-0.2, 0) is 0 Å². The zero-order valence-electron chi connectivity index (χ0n) is 16.6. The van der Waals surface area contributed by atoms with Gasteiger partial charge in [0.2, 0.25) is 0 Å². The van der Waals surface area contributed by atoms with E-state index in [2.05, 4.69) is 5.32 Å². The first-order valence-corrected chi connectivity index (χ1v) is 11.1. The van der Waals surface area contributed by atoms with Crippen LogP contribution in [0.5, 0.6) is 5.75 Å². The SMILES string of the molecule is O=C(Nc1cccc(Cl)c1)c1ccc(-c2ccccc2OC2CCN(C(=O)O)CC2)s1. The van der Waals surface area contributed by atoms with Gasteiger partial charge < -0.3 is 20.1 Å². The van der Waals surface area contributed by atoms with Crippen LogP contribution in [0.2, 0.25) is 5.02 Å². The number of carbonyl (C=O) groups excluding carboxylic acids is 1. The molecule has 3 aromatic rings. The van der Waals surface area contributed by atoms with Gasteiger partial charge in [0.05, 0.1) is 4.88 Å². The molecule has 4 rings (SSSR count). The Bertz CT molecular complexity index is 1090. The number of benzene rings is 2. The van der Waals surface area contributed by atoms with Crippen LogP contribution in [0.4, 0.5) is 10.5 Å². The summed E-state index contributed by atoms with van der Waals surface area (Å²) < 4.78 is 6.22. The van der Waals surface area contributed by atoms with Crippen molar-refractivity contribution in [3.63, 3.8) is 0 Å². The average molecular weight is 457 g/mol. The number of nitrogens with one attached hydrogen (secondary N) is 1. The third-order valence-corrected chi connectivity index (χ3v) is 6.42. The van der Waals surface area contributed by atoms with Crippen LogP contribution in [0, 0.1) is 0 Å². The molecule has 0 aliphatic carbocycles. The molecule has 8 heteroatoms. The van der Waals surface area contributed by atoms with E-state index in [1.807, 2.05) is 30.3 Å². The first kappa shape index (κ1) is 21.2. The number of likely N-dealkylation sites (tertiary alicyclic amines) is 1. The van der Waals surface area contributed by atoms with Crippen molar-refractivity contribution in [1.29, 1.82) is 0 Å². The Kier molecular flexibility index (Phi) is 6.44. The largest absolute Gasteiger partial charge is 0.490 e. The molecule has 0 spiro atoms. The minimum Gasteiger partial charge on any atom is -0.490 e. The maximum absolute atomic E-state index is 12.6. The maximum Gasteiger partial charge on any atom is 0.407 e. The van der Waals surface area contributed by atoms with E-state index in [4.69, 9.17) is 21.4 Å². The lowest BCUT2D eigenvalue weighted by Gasteiger charge is -2.30. The summed E-state index contributed by atoms with van der Waals surface area (Å²) in [5.74, 6) is 0.540. The number of rotatable bonds is 5. The number of thiophene rings is 1. The van der Waals surface area contributed by atoms with Crippen LogP contribution in [0.25, 0.3) is 10.4 Å². The predicted octanol–water partition coefficient (Wildman–Crippen LogP) is 5.84. The predicted molar refractivity (Wildman–Crippen MR) is 122 cm³/mol. The van der Waals surface area contributed by atoms with Gasteiger partial charge in [-0.25, -0.2) is 4.79 Å². The molecule has 1 aliphatic heterocycles. The summed E-state index contributed by atoms with van der Waals surface area (Å²) in [6, 6.07) is 18.4. The normalized spacial score (nSPS) is 14.3. The standard InChI is InChI=1S/C23H21ClN2O4S/c24-15-4-3-5-16(14-15)25-22(27)21-9-8-20(31-21)18-6-1-2-7-19(18)30-17-10-12-26(13-11-17)23(28)29/h1-9,14,17H,10-13H2,(H,25,27)(H,28,29). The van der Waals surface area contributed by atoms with E-state index < -0.39 is 6.09 Å². The van der Waals surface area contributed by atoms with Crippen molar-refractivity contribution in [2.75, 3.05) is 18.4 Å². The van der Waals surface area contributed by atoms with Gasteiger partial charge in [-0.3, -0.25) is 4.79 Å². The molecule has 31 heavy (non-hydrogen) atoms. The van der Waals surface area contributed by atoms with Crippen LogP contribution >= 0.6 is 22.9 Å². The quantitative estimate of drug-likeness (QED) is 0.505. The molecule has 160 valence electrons. The minimum atomic E-state index is -0.888. The van der Waals surface area contributed by atoms with Gasteiger partial charge in [0.25, 0.3) is 5.91 Å². The number of carbonyl (C=O) groups is 2. The Hall–Kier alpha value is -3.03. The molecular weight excluding hydrogens is 436 g/mol. The van der Waals surface area contributed by atoms with E-state index >= 15 is 0 Å². The van der Waals surface area contributed by atoms with Gasteiger partial charge in [0.1, 0.15) is 11.9 Å². The fourth-order valence-corrected chi connectivity index (χ4v) is 4.60. The third-order valence-electron chi connectivity index (χ3n) is 5.07. The maximum atomic E-state index is 12.6. The van der Waals surface area contributed by atoms with Crippen LogP contribution < -0.4 is 10.1 Å². The molecule has 2 N–H and O–H groups in total. The highest BCUT2D eigenvalue weighted by Crippen LogP contribution is 2.36. The van der Waals surface area contributed by atoms with E-state index in [0.717, 1.165) is 16.2 Å². The second-order valence-corrected chi connectivity index (χ2v) is 8.73. The van der Waals surface area contributed by atoms with Gasteiger partial charge >= 0.3 is 6.09 Å². The Morgan fingerprint density at radius 1 is 1.06 bits per heavy atom. The van der Waals surface area contributed by atoms with E-state index in [1.165, 1.54) is 16.2 Å². The fraction of sp³-hybridized carbons (Fsp3) is 0.217. The van der Waals surface area contributed by atoms with Crippen molar-refractivity contribution in [1.82, 2.24) is 4.90 Å². The van der Waals surface area contributed by atoms with Gasteiger partial charge in [-0.05, 0) is 42.5 Å². The number of para-hydroxylation sites is 1. The van der Waals surface area contributed by atoms with Gasteiger partial charge in [-0.1, -0.05) is 29.8 Å². The zero-order valence-corrected chi connectivity index (χ0v) is 18.2. The number of halogens is 1. The van der Waals surface area contributed by atoms with Crippen LogP contribution in [0.1, 0.15) is 22.5 Å². The number of hydrogen-bond acceptors (Lipinski definition) is 4. The van der Waals surface area contributed by atoms with Crippen LogP contribution in [-0.4, -0.2) is 41.2 Å². The minimum absolute atomic E-state index is 0.0395. The van der Waals surface area contributed by atoms with E-state index in [-0.39, 0.29) is 12.0 Å².